The Morgan fingerprint density at radius 1 is 1.04 bits per heavy atom. The molecule has 4 heteroatoms. The van der Waals surface area contributed by atoms with Crippen molar-refractivity contribution in [1.29, 1.82) is 0 Å². The molecule has 1 aliphatic carbocycles. The first-order chi connectivity index (χ1) is 12.2. The second kappa shape index (κ2) is 7.36. The van der Waals surface area contributed by atoms with E-state index >= 15 is 0 Å². The van der Waals surface area contributed by atoms with Gasteiger partial charge < -0.3 is 10.1 Å². The lowest BCUT2D eigenvalue weighted by Gasteiger charge is -2.51. The fourth-order valence-electron chi connectivity index (χ4n) is 5.37. The first kappa shape index (κ1) is 16.9. The highest BCUT2D eigenvalue weighted by Crippen LogP contribution is 2.39. The van der Waals surface area contributed by atoms with Gasteiger partial charge in [0.2, 0.25) is 0 Å². The molecule has 0 radical (unpaired) electrons. The fraction of sp³-hybridized carbons (Fsp3) is 0.667. The SMILES string of the molecule is COc1cccc(C(=O)NC2CC3CCCC(C2)N3C2CCCC2)c1. The molecule has 2 heterocycles. The van der Waals surface area contributed by atoms with E-state index in [9.17, 15) is 4.79 Å². The van der Waals surface area contributed by atoms with E-state index in [1.54, 1.807) is 7.11 Å². The molecule has 2 bridgehead atoms. The molecule has 2 atom stereocenters. The Morgan fingerprint density at radius 3 is 2.40 bits per heavy atom. The van der Waals surface area contributed by atoms with Gasteiger partial charge in [-0.2, -0.15) is 0 Å². The fourth-order valence-corrected chi connectivity index (χ4v) is 5.37. The predicted molar refractivity (Wildman–Crippen MR) is 99.0 cm³/mol. The summed E-state index contributed by atoms with van der Waals surface area (Å²) in [6.07, 6.45) is 11.8. The van der Waals surface area contributed by atoms with Crippen LogP contribution in [0.4, 0.5) is 0 Å². The molecule has 2 unspecified atom stereocenters. The third-order valence-corrected chi connectivity index (χ3v) is 6.44. The van der Waals surface area contributed by atoms with Crippen molar-refractivity contribution in [2.45, 2.75) is 82.0 Å². The van der Waals surface area contributed by atoms with Crippen molar-refractivity contribution in [2.24, 2.45) is 0 Å². The van der Waals surface area contributed by atoms with E-state index in [0.717, 1.165) is 24.6 Å². The standard InChI is InChI=1S/C21H30N2O2/c1-25-20-11-4-6-15(12-20)21(24)22-16-13-18-9-5-10-19(14-16)23(18)17-7-2-3-8-17/h4,6,11-12,16-19H,2-3,5,7-10,13-14H2,1H3,(H,22,24). The van der Waals surface area contributed by atoms with Crippen LogP contribution in [-0.2, 0) is 0 Å². The van der Waals surface area contributed by atoms with Crippen LogP contribution in [0.25, 0.3) is 0 Å². The van der Waals surface area contributed by atoms with E-state index in [1.165, 1.54) is 44.9 Å². The number of piperidine rings is 2. The second-order valence-corrected chi connectivity index (χ2v) is 8.00. The average Bonchev–Trinajstić information content (AvgIpc) is 3.15. The van der Waals surface area contributed by atoms with E-state index in [4.69, 9.17) is 4.74 Å². The first-order valence-electron chi connectivity index (χ1n) is 9.97. The van der Waals surface area contributed by atoms with E-state index in [2.05, 4.69) is 10.2 Å². The number of nitrogens with zero attached hydrogens (tertiary/aromatic N) is 1. The maximum absolute atomic E-state index is 12.7. The molecular formula is C21H30N2O2. The lowest BCUT2D eigenvalue weighted by Crippen LogP contribution is -2.59. The lowest BCUT2D eigenvalue weighted by atomic mass is 9.80. The Kier molecular flexibility index (Phi) is 4.98. The zero-order valence-corrected chi connectivity index (χ0v) is 15.2. The van der Waals surface area contributed by atoms with Crippen LogP contribution in [0, 0.1) is 0 Å². The highest BCUT2D eigenvalue weighted by Gasteiger charge is 2.42. The van der Waals surface area contributed by atoms with Gasteiger partial charge in [-0.1, -0.05) is 25.3 Å². The van der Waals surface area contributed by atoms with Crippen molar-refractivity contribution in [2.75, 3.05) is 7.11 Å². The lowest BCUT2D eigenvalue weighted by molar-refractivity contribution is -0.00807. The molecule has 4 nitrogen and oxygen atoms in total. The molecule has 3 fully saturated rings. The van der Waals surface area contributed by atoms with Crippen molar-refractivity contribution in [3.63, 3.8) is 0 Å². The predicted octanol–water partition coefficient (Wildman–Crippen LogP) is 3.75. The summed E-state index contributed by atoms with van der Waals surface area (Å²) < 4.78 is 5.24. The van der Waals surface area contributed by atoms with Crippen LogP contribution in [0.1, 0.15) is 68.1 Å². The van der Waals surface area contributed by atoms with E-state index in [1.807, 2.05) is 24.3 Å². The Morgan fingerprint density at radius 2 is 1.72 bits per heavy atom. The molecular weight excluding hydrogens is 312 g/mol. The number of methoxy groups -OCH3 is 1. The molecule has 2 aliphatic heterocycles. The highest BCUT2D eigenvalue weighted by atomic mass is 16.5. The molecule has 136 valence electrons. The molecule has 25 heavy (non-hydrogen) atoms. The minimum atomic E-state index is 0.0382. The smallest absolute Gasteiger partial charge is 0.251 e. The van der Waals surface area contributed by atoms with E-state index < -0.39 is 0 Å². The summed E-state index contributed by atoms with van der Waals surface area (Å²) in [5.74, 6) is 0.775. The molecule has 1 aromatic carbocycles. The van der Waals surface area contributed by atoms with Gasteiger partial charge in [0.1, 0.15) is 5.75 Å². The zero-order valence-electron chi connectivity index (χ0n) is 15.2. The van der Waals surface area contributed by atoms with Crippen molar-refractivity contribution in [3.05, 3.63) is 29.8 Å². The topological polar surface area (TPSA) is 41.6 Å². The van der Waals surface area contributed by atoms with Crippen LogP contribution in [0.2, 0.25) is 0 Å². The number of carbonyl (C=O) groups is 1. The molecule has 4 rings (SSSR count). The average molecular weight is 342 g/mol. The molecule has 1 aromatic rings. The number of hydrogen-bond acceptors (Lipinski definition) is 3. The van der Waals surface area contributed by atoms with Crippen molar-refractivity contribution >= 4 is 5.91 Å². The van der Waals surface area contributed by atoms with Gasteiger partial charge in [-0.15, -0.1) is 0 Å². The van der Waals surface area contributed by atoms with Crippen LogP contribution >= 0.6 is 0 Å². The zero-order chi connectivity index (χ0) is 17.2. The summed E-state index contributed by atoms with van der Waals surface area (Å²) in [6.45, 7) is 0. The molecule has 1 saturated carbocycles. The van der Waals surface area contributed by atoms with Gasteiger partial charge in [-0.25, -0.2) is 0 Å². The highest BCUT2D eigenvalue weighted by molar-refractivity contribution is 5.94. The van der Waals surface area contributed by atoms with Crippen molar-refractivity contribution < 1.29 is 9.53 Å². The van der Waals surface area contributed by atoms with Crippen LogP contribution in [0.5, 0.6) is 5.75 Å². The van der Waals surface area contributed by atoms with Crippen LogP contribution in [0.3, 0.4) is 0 Å². The van der Waals surface area contributed by atoms with E-state index in [-0.39, 0.29) is 5.91 Å². The second-order valence-electron chi connectivity index (χ2n) is 8.00. The molecule has 0 spiro atoms. The largest absolute Gasteiger partial charge is 0.497 e. The minimum absolute atomic E-state index is 0.0382. The quantitative estimate of drug-likeness (QED) is 0.906. The van der Waals surface area contributed by atoms with Gasteiger partial charge in [-0.3, -0.25) is 9.69 Å². The number of nitrogens with one attached hydrogen (secondary N) is 1. The summed E-state index contributed by atoms with van der Waals surface area (Å²) in [5, 5.41) is 3.31. The van der Waals surface area contributed by atoms with Crippen LogP contribution in [-0.4, -0.2) is 42.1 Å². The van der Waals surface area contributed by atoms with Crippen molar-refractivity contribution in [3.8, 4) is 5.75 Å². The first-order valence-corrected chi connectivity index (χ1v) is 9.97. The summed E-state index contributed by atoms with van der Waals surface area (Å²) in [6, 6.07) is 9.91. The Balaban J connectivity index is 1.42. The summed E-state index contributed by atoms with van der Waals surface area (Å²) >= 11 is 0. The van der Waals surface area contributed by atoms with Crippen LogP contribution in [0.15, 0.2) is 24.3 Å². The Bertz CT molecular complexity index is 598. The number of benzene rings is 1. The maximum atomic E-state index is 12.7. The van der Waals surface area contributed by atoms with Gasteiger partial charge in [0, 0.05) is 29.7 Å². The number of rotatable bonds is 4. The minimum Gasteiger partial charge on any atom is -0.497 e. The van der Waals surface area contributed by atoms with Crippen LogP contribution < -0.4 is 10.1 Å². The molecule has 0 aromatic heterocycles. The molecule has 2 saturated heterocycles. The maximum Gasteiger partial charge on any atom is 0.251 e. The third-order valence-electron chi connectivity index (χ3n) is 6.44. The molecule has 3 aliphatic rings. The molecule has 1 amide bonds. The van der Waals surface area contributed by atoms with E-state index in [0.29, 0.717) is 23.7 Å². The summed E-state index contributed by atoms with van der Waals surface area (Å²) in [5.41, 5.74) is 0.697. The number of ether oxygens (including phenoxy) is 1. The van der Waals surface area contributed by atoms with Gasteiger partial charge in [-0.05, 0) is 56.7 Å². The number of carbonyl (C=O) groups excluding carboxylic acids is 1. The summed E-state index contributed by atoms with van der Waals surface area (Å²) in [4.78, 5) is 15.5. The Labute approximate surface area is 150 Å². The number of amides is 1. The van der Waals surface area contributed by atoms with Gasteiger partial charge in [0.05, 0.1) is 7.11 Å². The third kappa shape index (κ3) is 3.55. The van der Waals surface area contributed by atoms with Crippen molar-refractivity contribution in [1.82, 2.24) is 10.2 Å². The van der Waals surface area contributed by atoms with Gasteiger partial charge in [0.25, 0.3) is 5.91 Å². The normalized spacial score (nSPS) is 30.2. The summed E-state index contributed by atoms with van der Waals surface area (Å²) in [7, 11) is 1.64. The monoisotopic (exact) mass is 342 g/mol. The number of hydrogen-bond donors (Lipinski definition) is 1. The van der Waals surface area contributed by atoms with Gasteiger partial charge >= 0.3 is 0 Å². The molecule has 1 N–H and O–H groups in total. The number of fused-ring (bicyclic) bond motifs is 2. The Hall–Kier alpha value is -1.55. The van der Waals surface area contributed by atoms with Gasteiger partial charge in [0.15, 0.2) is 0 Å².